The number of hydrogen-bond acceptors (Lipinski definition) is 2. The van der Waals surface area contributed by atoms with Gasteiger partial charge in [0.1, 0.15) is 6.61 Å². The van der Waals surface area contributed by atoms with Crippen molar-refractivity contribution in [3.05, 3.63) is 36.4 Å². The van der Waals surface area contributed by atoms with Gasteiger partial charge in [-0.25, -0.2) is 0 Å². The summed E-state index contributed by atoms with van der Waals surface area (Å²) in [6.45, 7) is 5.84. The third-order valence-electron chi connectivity index (χ3n) is 1.47. The second-order valence-corrected chi connectivity index (χ2v) is 2.57. The third kappa shape index (κ3) is 2.02. The van der Waals surface area contributed by atoms with E-state index < -0.39 is 0 Å². The lowest BCUT2D eigenvalue weighted by Gasteiger charge is -2.05. The summed E-state index contributed by atoms with van der Waals surface area (Å²) < 4.78 is 5.17. The fourth-order valence-corrected chi connectivity index (χ4v) is 0.898. The first-order chi connectivity index (χ1) is 5.74. The predicted octanol–water partition coefficient (Wildman–Crippen LogP) is 2.27. The van der Waals surface area contributed by atoms with E-state index in [1.807, 2.05) is 13.0 Å². The molecule has 2 heteroatoms. The zero-order valence-electron chi connectivity index (χ0n) is 7.08. The van der Waals surface area contributed by atoms with Crippen molar-refractivity contribution in [1.29, 1.82) is 0 Å². The van der Waals surface area contributed by atoms with Crippen LogP contribution in [0.25, 0.3) is 0 Å². The molecule has 64 valence electrons. The molecule has 1 aromatic carbocycles. The molecule has 1 rings (SSSR count). The van der Waals surface area contributed by atoms with Gasteiger partial charge in [-0.15, -0.1) is 0 Å². The number of phenolic OH excluding ortho intramolecular Hbond substituents is 1. The van der Waals surface area contributed by atoms with Crippen LogP contribution in [0.5, 0.6) is 11.5 Å². The zero-order chi connectivity index (χ0) is 8.97. The van der Waals surface area contributed by atoms with Crippen LogP contribution in [-0.2, 0) is 0 Å². The summed E-state index contributed by atoms with van der Waals surface area (Å²) in [6, 6.07) is 5.30. The molecule has 12 heavy (non-hydrogen) atoms. The van der Waals surface area contributed by atoms with Gasteiger partial charge in [-0.2, -0.15) is 0 Å². The van der Waals surface area contributed by atoms with E-state index >= 15 is 0 Å². The Bertz CT molecular complexity index is 279. The van der Waals surface area contributed by atoms with Crippen LogP contribution in [-0.4, -0.2) is 11.7 Å². The summed E-state index contributed by atoms with van der Waals surface area (Å²) in [5, 5.41) is 9.36. The molecular weight excluding hydrogens is 152 g/mol. The van der Waals surface area contributed by atoms with Gasteiger partial charge in [0.05, 0.1) is 0 Å². The Morgan fingerprint density at radius 2 is 2.33 bits per heavy atom. The molecule has 0 aliphatic carbocycles. The maximum atomic E-state index is 9.36. The zero-order valence-corrected chi connectivity index (χ0v) is 7.08. The van der Waals surface area contributed by atoms with Crippen LogP contribution in [0, 0.1) is 6.92 Å². The van der Waals surface area contributed by atoms with Crippen LogP contribution >= 0.6 is 0 Å². The van der Waals surface area contributed by atoms with Gasteiger partial charge < -0.3 is 9.84 Å². The highest BCUT2D eigenvalue weighted by atomic mass is 16.5. The Balaban J connectivity index is 2.78. The van der Waals surface area contributed by atoms with Crippen molar-refractivity contribution in [2.24, 2.45) is 0 Å². The second kappa shape index (κ2) is 3.81. The van der Waals surface area contributed by atoms with Gasteiger partial charge in [-0.3, -0.25) is 0 Å². The van der Waals surface area contributed by atoms with E-state index in [4.69, 9.17) is 4.74 Å². The lowest BCUT2D eigenvalue weighted by Crippen LogP contribution is -1.92. The highest BCUT2D eigenvalue weighted by Crippen LogP contribution is 2.26. The van der Waals surface area contributed by atoms with E-state index in [9.17, 15) is 5.11 Å². The number of aromatic hydroxyl groups is 1. The van der Waals surface area contributed by atoms with E-state index in [1.165, 1.54) is 0 Å². The largest absolute Gasteiger partial charge is 0.504 e. The normalized spacial score (nSPS) is 9.42. The van der Waals surface area contributed by atoms with Crippen LogP contribution in [0.15, 0.2) is 30.9 Å². The van der Waals surface area contributed by atoms with Crippen molar-refractivity contribution < 1.29 is 9.84 Å². The minimum absolute atomic E-state index is 0.178. The van der Waals surface area contributed by atoms with Gasteiger partial charge in [0.25, 0.3) is 0 Å². The summed E-state index contributed by atoms with van der Waals surface area (Å²) >= 11 is 0. The average molecular weight is 164 g/mol. The highest BCUT2D eigenvalue weighted by molar-refractivity contribution is 5.41. The Labute approximate surface area is 72.1 Å². The summed E-state index contributed by atoms with van der Waals surface area (Å²) in [6.07, 6.45) is 1.64. The van der Waals surface area contributed by atoms with E-state index in [2.05, 4.69) is 6.58 Å². The molecule has 0 aromatic heterocycles. The summed E-state index contributed by atoms with van der Waals surface area (Å²) in [7, 11) is 0. The van der Waals surface area contributed by atoms with Gasteiger partial charge in [-0.05, 0) is 24.6 Å². The summed E-state index contributed by atoms with van der Waals surface area (Å²) in [5.74, 6) is 0.678. The minimum atomic E-state index is 0.178. The van der Waals surface area contributed by atoms with Crippen molar-refractivity contribution in [1.82, 2.24) is 0 Å². The van der Waals surface area contributed by atoms with Crippen LogP contribution in [0.4, 0.5) is 0 Å². The molecule has 0 aliphatic heterocycles. The summed E-state index contributed by atoms with van der Waals surface area (Å²) in [5.41, 5.74) is 1.01. The Morgan fingerprint density at radius 3 is 2.92 bits per heavy atom. The molecule has 0 saturated carbocycles. The first kappa shape index (κ1) is 8.65. The highest BCUT2D eigenvalue weighted by Gasteiger charge is 1.99. The van der Waals surface area contributed by atoms with E-state index in [0.717, 1.165) is 5.56 Å². The fourth-order valence-electron chi connectivity index (χ4n) is 0.898. The maximum absolute atomic E-state index is 9.36. The SMILES string of the molecule is C=CCOc1ccc(C)cc1O. The van der Waals surface area contributed by atoms with Crippen molar-refractivity contribution in [3.8, 4) is 11.5 Å². The van der Waals surface area contributed by atoms with Gasteiger partial charge >= 0.3 is 0 Å². The van der Waals surface area contributed by atoms with Crippen molar-refractivity contribution >= 4 is 0 Å². The number of hydrogen-bond donors (Lipinski definition) is 1. The molecule has 0 amide bonds. The Morgan fingerprint density at radius 1 is 1.58 bits per heavy atom. The van der Waals surface area contributed by atoms with Crippen LogP contribution in [0.3, 0.4) is 0 Å². The van der Waals surface area contributed by atoms with Crippen LogP contribution < -0.4 is 4.74 Å². The van der Waals surface area contributed by atoms with Crippen molar-refractivity contribution in [3.63, 3.8) is 0 Å². The van der Waals surface area contributed by atoms with Crippen LogP contribution in [0.2, 0.25) is 0 Å². The smallest absolute Gasteiger partial charge is 0.161 e. The average Bonchev–Trinajstić information content (AvgIpc) is 2.03. The lowest BCUT2D eigenvalue weighted by molar-refractivity contribution is 0.336. The molecule has 0 atom stereocenters. The van der Waals surface area contributed by atoms with Gasteiger partial charge in [0.2, 0.25) is 0 Å². The molecule has 0 radical (unpaired) electrons. The molecule has 0 heterocycles. The minimum Gasteiger partial charge on any atom is -0.504 e. The number of aryl methyl sites for hydroxylation is 1. The Hall–Kier alpha value is -1.44. The molecular formula is C10H12O2. The van der Waals surface area contributed by atoms with E-state index in [0.29, 0.717) is 12.4 Å². The molecule has 0 spiro atoms. The van der Waals surface area contributed by atoms with E-state index in [-0.39, 0.29) is 5.75 Å². The monoisotopic (exact) mass is 164 g/mol. The first-order valence-corrected chi connectivity index (χ1v) is 3.77. The maximum Gasteiger partial charge on any atom is 0.161 e. The molecule has 0 fully saturated rings. The van der Waals surface area contributed by atoms with E-state index in [1.54, 1.807) is 18.2 Å². The number of benzene rings is 1. The molecule has 1 N–H and O–H groups in total. The molecule has 2 nitrogen and oxygen atoms in total. The number of phenols is 1. The molecule has 0 unspecified atom stereocenters. The van der Waals surface area contributed by atoms with Gasteiger partial charge in [0.15, 0.2) is 11.5 Å². The lowest BCUT2D eigenvalue weighted by atomic mass is 10.2. The topological polar surface area (TPSA) is 29.5 Å². The second-order valence-electron chi connectivity index (χ2n) is 2.57. The quantitative estimate of drug-likeness (QED) is 0.694. The van der Waals surface area contributed by atoms with Crippen molar-refractivity contribution in [2.75, 3.05) is 6.61 Å². The standard InChI is InChI=1S/C10H12O2/c1-3-6-12-10-5-4-8(2)7-9(10)11/h3-5,7,11H,1,6H2,2H3. The van der Waals surface area contributed by atoms with Gasteiger partial charge in [0, 0.05) is 0 Å². The van der Waals surface area contributed by atoms with Crippen LogP contribution in [0.1, 0.15) is 5.56 Å². The third-order valence-corrected chi connectivity index (χ3v) is 1.47. The van der Waals surface area contributed by atoms with Gasteiger partial charge in [-0.1, -0.05) is 18.7 Å². The Kier molecular flexibility index (Phi) is 2.75. The number of ether oxygens (including phenoxy) is 1. The van der Waals surface area contributed by atoms with Crippen molar-refractivity contribution in [2.45, 2.75) is 6.92 Å². The number of rotatable bonds is 3. The fraction of sp³-hybridized carbons (Fsp3) is 0.200. The molecule has 0 saturated heterocycles. The molecule has 0 bridgehead atoms. The first-order valence-electron chi connectivity index (χ1n) is 3.77. The molecule has 0 aliphatic rings. The predicted molar refractivity (Wildman–Crippen MR) is 48.5 cm³/mol. The summed E-state index contributed by atoms with van der Waals surface area (Å²) in [4.78, 5) is 0. The molecule has 1 aromatic rings.